The van der Waals surface area contributed by atoms with Crippen molar-refractivity contribution in [2.75, 3.05) is 0 Å². The summed E-state index contributed by atoms with van der Waals surface area (Å²) in [7, 11) is 0. The van der Waals surface area contributed by atoms with E-state index in [1.807, 2.05) is 0 Å². The molecule has 1 rings (SSSR count). The predicted octanol–water partition coefficient (Wildman–Crippen LogP) is 3.16. The largest absolute Gasteiger partial charge is 0.391 e. The van der Waals surface area contributed by atoms with E-state index >= 15 is 0 Å². The van der Waals surface area contributed by atoms with Gasteiger partial charge in [-0.3, -0.25) is 10.1 Å². The van der Waals surface area contributed by atoms with E-state index in [0.717, 1.165) is 5.71 Å². The van der Waals surface area contributed by atoms with E-state index in [-0.39, 0.29) is 12.3 Å². The SMILES string of the molecule is CC(C)=NOCc1c(Cl)cccc1[N+](=O)[O-]. The first-order chi connectivity index (χ1) is 7.52. The molecule has 0 saturated heterocycles. The summed E-state index contributed by atoms with van der Waals surface area (Å²) in [6.07, 6.45) is 0. The summed E-state index contributed by atoms with van der Waals surface area (Å²) < 4.78 is 0. The smallest absolute Gasteiger partial charge is 0.277 e. The molecule has 6 heteroatoms. The van der Waals surface area contributed by atoms with Gasteiger partial charge in [0.15, 0.2) is 0 Å². The molecule has 0 aliphatic heterocycles. The van der Waals surface area contributed by atoms with Gasteiger partial charge in [0.2, 0.25) is 0 Å². The summed E-state index contributed by atoms with van der Waals surface area (Å²) in [5.74, 6) is 0. The predicted molar refractivity (Wildman–Crippen MR) is 61.7 cm³/mol. The normalized spacial score (nSPS) is 9.69. The van der Waals surface area contributed by atoms with Gasteiger partial charge in [0.25, 0.3) is 5.69 Å². The summed E-state index contributed by atoms with van der Waals surface area (Å²) in [6.45, 7) is 3.52. The van der Waals surface area contributed by atoms with Crippen LogP contribution >= 0.6 is 11.6 Å². The average Bonchev–Trinajstić information content (AvgIpc) is 2.19. The van der Waals surface area contributed by atoms with Gasteiger partial charge in [0.1, 0.15) is 6.61 Å². The number of rotatable bonds is 4. The van der Waals surface area contributed by atoms with Gasteiger partial charge < -0.3 is 4.84 Å². The second kappa shape index (κ2) is 5.46. The van der Waals surface area contributed by atoms with Crippen molar-refractivity contribution in [3.05, 3.63) is 38.9 Å². The Bertz CT molecular complexity index is 428. The summed E-state index contributed by atoms with van der Waals surface area (Å²) in [4.78, 5) is 15.2. The van der Waals surface area contributed by atoms with Crippen LogP contribution in [0.25, 0.3) is 0 Å². The fraction of sp³-hybridized carbons (Fsp3) is 0.300. The zero-order chi connectivity index (χ0) is 12.1. The standard InChI is InChI=1S/C10H11ClN2O3/c1-7(2)12-16-6-8-9(11)4-3-5-10(8)13(14)15/h3-5H,6H2,1-2H3. The third-order valence-corrected chi connectivity index (χ3v) is 2.10. The van der Waals surface area contributed by atoms with E-state index in [0.29, 0.717) is 10.6 Å². The van der Waals surface area contributed by atoms with E-state index in [4.69, 9.17) is 16.4 Å². The maximum absolute atomic E-state index is 10.7. The monoisotopic (exact) mass is 242 g/mol. The molecule has 0 atom stereocenters. The molecule has 0 aliphatic carbocycles. The van der Waals surface area contributed by atoms with Crippen LogP contribution < -0.4 is 0 Å². The fourth-order valence-electron chi connectivity index (χ4n) is 1.09. The molecule has 0 heterocycles. The molecule has 0 aromatic heterocycles. The lowest BCUT2D eigenvalue weighted by Gasteiger charge is -2.04. The van der Waals surface area contributed by atoms with Gasteiger partial charge in [0, 0.05) is 6.07 Å². The van der Waals surface area contributed by atoms with E-state index in [1.54, 1.807) is 19.9 Å². The van der Waals surface area contributed by atoms with Crippen LogP contribution in [0.5, 0.6) is 0 Å². The Morgan fingerprint density at radius 3 is 2.81 bits per heavy atom. The zero-order valence-corrected chi connectivity index (χ0v) is 9.69. The maximum atomic E-state index is 10.7. The number of benzene rings is 1. The highest BCUT2D eigenvalue weighted by atomic mass is 35.5. The van der Waals surface area contributed by atoms with E-state index in [1.165, 1.54) is 12.1 Å². The van der Waals surface area contributed by atoms with Gasteiger partial charge in [0.05, 0.1) is 21.2 Å². The maximum Gasteiger partial charge on any atom is 0.277 e. The van der Waals surface area contributed by atoms with Crippen LogP contribution in [-0.2, 0) is 11.4 Å². The molecule has 0 aliphatic rings. The first-order valence-electron chi connectivity index (χ1n) is 4.57. The minimum Gasteiger partial charge on any atom is -0.391 e. The Morgan fingerprint density at radius 1 is 1.56 bits per heavy atom. The van der Waals surface area contributed by atoms with Crippen LogP contribution in [0.2, 0.25) is 5.02 Å². The van der Waals surface area contributed by atoms with Gasteiger partial charge in [-0.1, -0.05) is 22.8 Å². The molecule has 1 aromatic rings. The highest BCUT2D eigenvalue weighted by molar-refractivity contribution is 6.31. The number of nitrogens with zero attached hydrogens (tertiary/aromatic N) is 2. The van der Waals surface area contributed by atoms with Crippen molar-refractivity contribution in [2.45, 2.75) is 20.5 Å². The van der Waals surface area contributed by atoms with E-state index in [2.05, 4.69) is 5.16 Å². The summed E-state index contributed by atoms with van der Waals surface area (Å²) in [6, 6.07) is 4.49. The number of hydrogen-bond donors (Lipinski definition) is 0. The van der Waals surface area contributed by atoms with Crippen molar-refractivity contribution < 1.29 is 9.76 Å². The Morgan fingerprint density at radius 2 is 2.25 bits per heavy atom. The van der Waals surface area contributed by atoms with Crippen LogP contribution in [0.1, 0.15) is 19.4 Å². The fourth-order valence-corrected chi connectivity index (χ4v) is 1.31. The Balaban J connectivity index is 2.93. The van der Waals surface area contributed by atoms with Crippen LogP contribution in [0.3, 0.4) is 0 Å². The molecular weight excluding hydrogens is 232 g/mol. The molecule has 1 aromatic carbocycles. The molecule has 0 unspecified atom stereocenters. The molecule has 16 heavy (non-hydrogen) atoms. The number of nitro benzene ring substituents is 1. The number of oxime groups is 1. The lowest BCUT2D eigenvalue weighted by molar-refractivity contribution is -0.385. The van der Waals surface area contributed by atoms with Crippen molar-refractivity contribution in [1.29, 1.82) is 0 Å². The molecule has 0 bridgehead atoms. The van der Waals surface area contributed by atoms with Crippen LogP contribution in [-0.4, -0.2) is 10.6 Å². The lowest BCUT2D eigenvalue weighted by Crippen LogP contribution is -1.98. The summed E-state index contributed by atoms with van der Waals surface area (Å²) in [5, 5.41) is 14.7. The second-order valence-corrected chi connectivity index (χ2v) is 3.71. The third kappa shape index (κ3) is 3.20. The van der Waals surface area contributed by atoms with Gasteiger partial charge >= 0.3 is 0 Å². The number of nitro groups is 1. The lowest BCUT2D eigenvalue weighted by atomic mass is 10.2. The van der Waals surface area contributed by atoms with Gasteiger partial charge in [-0.25, -0.2) is 0 Å². The molecule has 0 saturated carbocycles. The second-order valence-electron chi connectivity index (χ2n) is 3.31. The third-order valence-electron chi connectivity index (χ3n) is 1.75. The number of halogens is 1. The van der Waals surface area contributed by atoms with Gasteiger partial charge in [-0.05, 0) is 19.9 Å². The van der Waals surface area contributed by atoms with Crippen molar-refractivity contribution in [3.63, 3.8) is 0 Å². The van der Waals surface area contributed by atoms with Crippen LogP contribution in [0, 0.1) is 10.1 Å². The summed E-state index contributed by atoms with van der Waals surface area (Å²) >= 11 is 5.86. The summed E-state index contributed by atoms with van der Waals surface area (Å²) in [5.41, 5.74) is 1.00. The quantitative estimate of drug-likeness (QED) is 0.463. The van der Waals surface area contributed by atoms with Gasteiger partial charge in [-0.2, -0.15) is 0 Å². The molecule has 0 radical (unpaired) electrons. The van der Waals surface area contributed by atoms with Crippen molar-refractivity contribution >= 4 is 23.0 Å². The van der Waals surface area contributed by atoms with Crippen molar-refractivity contribution in [1.82, 2.24) is 0 Å². The first kappa shape index (κ1) is 12.4. The van der Waals surface area contributed by atoms with Gasteiger partial charge in [-0.15, -0.1) is 0 Å². The van der Waals surface area contributed by atoms with Crippen LogP contribution in [0.4, 0.5) is 5.69 Å². The van der Waals surface area contributed by atoms with Crippen molar-refractivity contribution in [2.24, 2.45) is 5.16 Å². The molecule has 0 spiro atoms. The molecule has 0 fully saturated rings. The number of hydrogen-bond acceptors (Lipinski definition) is 4. The Labute approximate surface area is 97.8 Å². The molecule has 86 valence electrons. The minimum atomic E-state index is -0.493. The van der Waals surface area contributed by atoms with E-state index < -0.39 is 4.92 Å². The van der Waals surface area contributed by atoms with E-state index in [9.17, 15) is 10.1 Å². The highest BCUT2D eigenvalue weighted by Crippen LogP contribution is 2.26. The molecule has 5 nitrogen and oxygen atoms in total. The first-order valence-corrected chi connectivity index (χ1v) is 4.95. The topological polar surface area (TPSA) is 64.7 Å². The Kier molecular flexibility index (Phi) is 4.25. The zero-order valence-electron chi connectivity index (χ0n) is 8.94. The minimum absolute atomic E-state index is 0.0127. The Hall–Kier alpha value is -1.62. The molecule has 0 N–H and O–H groups in total. The van der Waals surface area contributed by atoms with Crippen LogP contribution in [0.15, 0.2) is 23.4 Å². The molecular formula is C10H11ClN2O3. The molecule has 0 amide bonds. The highest BCUT2D eigenvalue weighted by Gasteiger charge is 2.16. The average molecular weight is 243 g/mol. The van der Waals surface area contributed by atoms with Crippen molar-refractivity contribution in [3.8, 4) is 0 Å².